The Labute approximate surface area is 359 Å². The van der Waals surface area contributed by atoms with Crippen LogP contribution in [0.15, 0.2) is 48.8 Å². The van der Waals surface area contributed by atoms with Gasteiger partial charge in [-0.15, -0.1) is 0 Å². The van der Waals surface area contributed by atoms with Crippen molar-refractivity contribution in [2.24, 2.45) is 29.1 Å². The largest absolute Gasteiger partial charge is 0.453 e. The zero-order valence-corrected chi connectivity index (χ0v) is 37.2. The van der Waals surface area contributed by atoms with Crippen LogP contribution in [0.25, 0.3) is 44.7 Å². The summed E-state index contributed by atoms with van der Waals surface area (Å²) in [4.78, 5) is 71.9. The maximum absolute atomic E-state index is 13.9. The molecule has 2 aliphatic carbocycles. The SMILES string of the molecule is COC(=O)NC(C(=O)N(Cc1ncc(-c2ccc(-c3ccc(-c4cnc(CN(C(=O)C(NC(=O)OC)C(C)C)C5CC5(C)C)[nH]4)c4nsnc34)cc2)[nH]1)C1C(C)C1C)C(C)C. The normalized spacial score (nSPS) is 19.9. The van der Waals surface area contributed by atoms with Crippen LogP contribution in [0.1, 0.15) is 73.5 Å². The van der Waals surface area contributed by atoms with E-state index in [1.807, 2.05) is 73.9 Å². The summed E-state index contributed by atoms with van der Waals surface area (Å²) in [5, 5.41) is 5.45. The van der Waals surface area contributed by atoms with E-state index in [0.717, 1.165) is 62.8 Å². The number of hydrogen-bond acceptors (Lipinski definition) is 11. The van der Waals surface area contributed by atoms with Crippen molar-refractivity contribution in [3.63, 3.8) is 0 Å². The van der Waals surface area contributed by atoms with Gasteiger partial charge in [-0.25, -0.2) is 19.6 Å². The lowest BCUT2D eigenvalue weighted by Crippen LogP contribution is -2.52. The minimum atomic E-state index is -0.743. The Morgan fingerprint density at radius 2 is 1.20 bits per heavy atom. The number of amides is 4. The van der Waals surface area contributed by atoms with Crippen molar-refractivity contribution in [1.82, 2.24) is 49.1 Å². The number of methoxy groups -OCH3 is 2. The molecule has 324 valence electrons. The molecule has 2 aromatic carbocycles. The lowest BCUT2D eigenvalue weighted by atomic mass is 9.99. The standard InChI is InChI=1S/C44H56N10O6S/c1-22(2)35(49-42(57)59-9)40(55)53(32-17-44(32,7)8)20-33-46-19-31(48-33)29-16-15-28(37-38(29)52-61-51-37)26-11-13-27(14-12-26)30-18-45-34(47-30)21-54(39-24(5)25(39)6)41(56)36(23(3)4)50-43(58)60-10/h11-16,18-19,22-25,32,35-36,39H,17,20-21H2,1-10H3,(H,45,47)(H,46,48)(H,49,57)(H,50,58). The molecule has 0 saturated heterocycles. The number of carbonyl (C=O) groups excluding carboxylic acids is 4. The fourth-order valence-corrected chi connectivity index (χ4v) is 8.82. The molecule has 0 spiro atoms. The van der Waals surface area contributed by atoms with Crippen LogP contribution in [0.5, 0.6) is 0 Å². The molecule has 2 fully saturated rings. The highest BCUT2D eigenvalue weighted by atomic mass is 32.1. The highest BCUT2D eigenvalue weighted by Gasteiger charge is 2.52. The van der Waals surface area contributed by atoms with Gasteiger partial charge in [0.15, 0.2) is 0 Å². The quantitative estimate of drug-likeness (QED) is 0.0849. The molecular weight excluding hydrogens is 797 g/mol. The number of rotatable bonds is 15. The molecule has 7 rings (SSSR count). The summed E-state index contributed by atoms with van der Waals surface area (Å²) in [5.41, 5.74) is 6.68. The minimum Gasteiger partial charge on any atom is -0.453 e. The molecule has 17 heteroatoms. The molecule has 5 aromatic rings. The molecular formula is C44H56N10O6S. The zero-order chi connectivity index (χ0) is 43.9. The molecule has 61 heavy (non-hydrogen) atoms. The van der Waals surface area contributed by atoms with Crippen molar-refractivity contribution >= 4 is 46.8 Å². The van der Waals surface area contributed by atoms with Crippen molar-refractivity contribution in [2.45, 2.75) is 99.1 Å². The summed E-state index contributed by atoms with van der Waals surface area (Å²) in [7, 11) is 2.58. The van der Waals surface area contributed by atoms with Gasteiger partial charge in [0.25, 0.3) is 0 Å². The van der Waals surface area contributed by atoms with Crippen molar-refractivity contribution in [3.05, 3.63) is 60.4 Å². The smallest absolute Gasteiger partial charge is 0.407 e. The van der Waals surface area contributed by atoms with E-state index in [1.54, 1.807) is 12.4 Å². The number of nitrogens with one attached hydrogen (secondary N) is 4. The molecule has 0 aliphatic heterocycles. The number of imidazole rings is 2. The fraction of sp³-hybridized carbons (Fsp3) is 0.500. The van der Waals surface area contributed by atoms with E-state index in [-0.39, 0.29) is 54.2 Å². The van der Waals surface area contributed by atoms with Gasteiger partial charge in [0.1, 0.15) is 34.8 Å². The van der Waals surface area contributed by atoms with Gasteiger partial charge in [0, 0.05) is 23.2 Å². The monoisotopic (exact) mass is 852 g/mol. The van der Waals surface area contributed by atoms with Gasteiger partial charge in [-0.05, 0) is 52.7 Å². The number of nitrogens with zero attached hydrogens (tertiary/aromatic N) is 6. The van der Waals surface area contributed by atoms with Crippen LogP contribution < -0.4 is 10.6 Å². The summed E-state index contributed by atoms with van der Waals surface area (Å²) in [6, 6.07) is 10.7. The first kappa shape index (κ1) is 43.3. The fourth-order valence-electron chi connectivity index (χ4n) is 8.24. The van der Waals surface area contributed by atoms with Gasteiger partial charge in [-0.1, -0.05) is 85.7 Å². The molecule has 0 bridgehead atoms. The second-order valence-corrected chi connectivity index (χ2v) is 18.3. The van der Waals surface area contributed by atoms with Gasteiger partial charge < -0.3 is 39.9 Å². The summed E-state index contributed by atoms with van der Waals surface area (Å²) in [6.07, 6.45) is 3.10. The third-order valence-corrected chi connectivity index (χ3v) is 13.0. The molecule has 5 unspecified atom stereocenters. The van der Waals surface area contributed by atoms with Crippen LogP contribution in [0, 0.1) is 29.1 Å². The predicted octanol–water partition coefficient (Wildman–Crippen LogP) is 7.01. The third-order valence-electron chi connectivity index (χ3n) is 12.4. The number of alkyl carbamates (subject to hydrolysis) is 2. The number of aromatic nitrogens is 6. The lowest BCUT2D eigenvalue weighted by molar-refractivity contribution is -0.137. The van der Waals surface area contributed by atoms with Crippen LogP contribution in [0.4, 0.5) is 9.59 Å². The maximum Gasteiger partial charge on any atom is 0.407 e. The molecule has 0 radical (unpaired) electrons. The Morgan fingerprint density at radius 1 is 0.738 bits per heavy atom. The predicted molar refractivity (Wildman–Crippen MR) is 232 cm³/mol. The zero-order valence-electron chi connectivity index (χ0n) is 36.4. The lowest BCUT2D eigenvalue weighted by Gasteiger charge is -2.30. The van der Waals surface area contributed by atoms with Crippen LogP contribution in [-0.4, -0.2) is 101 Å². The van der Waals surface area contributed by atoms with E-state index in [2.05, 4.69) is 62.6 Å². The first-order chi connectivity index (χ1) is 29.0. The van der Waals surface area contributed by atoms with Gasteiger partial charge in [-0.2, -0.15) is 8.75 Å². The Hall–Kier alpha value is -5.84. The minimum absolute atomic E-state index is 0.00623. The third kappa shape index (κ3) is 8.97. The molecule has 3 aromatic heterocycles. The van der Waals surface area contributed by atoms with Crippen LogP contribution in [0.3, 0.4) is 0 Å². The second-order valence-electron chi connectivity index (χ2n) is 17.8. The highest BCUT2D eigenvalue weighted by Crippen LogP contribution is 2.49. The van der Waals surface area contributed by atoms with E-state index in [9.17, 15) is 19.2 Å². The van der Waals surface area contributed by atoms with Crippen molar-refractivity contribution in [1.29, 1.82) is 0 Å². The van der Waals surface area contributed by atoms with Gasteiger partial charge >= 0.3 is 12.2 Å². The Bertz CT molecular complexity index is 2400. The van der Waals surface area contributed by atoms with E-state index in [4.69, 9.17) is 13.8 Å². The molecule has 2 aliphatic rings. The number of hydrogen-bond donors (Lipinski definition) is 4. The molecule has 4 amide bonds. The van der Waals surface area contributed by atoms with Gasteiger partial charge in [-0.3, -0.25) is 9.59 Å². The van der Waals surface area contributed by atoms with Gasteiger partial charge in [0.2, 0.25) is 11.8 Å². The number of aromatic amines is 2. The maximum atomic E-state index is 13.9. The van der Waals surface area contributed by atoms with Gasteiger partial charge in [0.05, 0.1) is 62.8 Å². The average molecular weight is 853 g/mol. The summed E-state index contributed by atoms with van der Waals surface area (Å²) in [6.45, 7) is 16.7. The van der Waals surface area contributed by atoms with Crippen molar-refractivity contribution < 1.29 is 28.7 Å². The first-order valence-corrected chi connectivity index (χ1v) is 21.5. The highest BCUT2D eigenvalue weighted by molar-refractivity contribution is 7.00. The summed E-state index contributed by atoms with van der Waals surface area (Å²) < 4.78 is 19.0. The molecule has 2 saturated carbocycles. The van der Waals surface area contributed by atoms with Crippen molar-refractivity contribution in [3.8, 4) is 33.6 Å². The van der Waals surface area contributed by atoms with E-state index < -0.39 is 24.3 Å². The molecule has 5 atom stereocenters. The number of benzene rings is 2. The average Bonchev–Trinajstić information content (AvgIpc) is 3.70. The van der Waals surface area contributed by atoms with E-state index >= 15 is 0 Å². The van der Waals surface area contributed by atoms with Crippen molar-refractivity contribution in [2.75, 3.05) is 14.2 Å². The molecule has 16 nitrogen and oxygen atoms in total. The summed E-state index contributed by atoms with van der Waals surface area (Å²) in [5.74, 6) is 1.31. The van der Waals surface area contributed by atoms with E-state index in [0.29, 0.717) is 23.5 Å². The number of ether oxygens (including phenoxy) is 2. The molecule has 4 N–H and O–H groups in total. The number of carbonyl (C=O) groups is 4. The summed E-state index contributed by atoms with van der Waals surface area (Å²) >= 11 is 1.14. The molecule has 3 heterocycles. The topological polar surface area (TPSA) is 200 Å². The Balaban J connectivity index is 1.07. The van der Waals surface area contributed by atoms with Crippen LogP contribution in [0.2, 0.25) is 0 Å². The second kappa shape index (κ2) is 17.3. The Morgan fingerprint density at radius 3 is 1.70 bits per heavy atom. The number of fused-ring (bicyclic) bond motifs is 1. The first-order valence-electron chi connectivity index (χ1n) is 20.8. The number of H-pyrrole nitrogens is 2. The van der Waals surface area contributed by atoms with E-state index in [1.165, 1.54) is 14.2 Å². The van der Waals surface area contributed by atoms with Crippen LogP contribution >= 0.6 is 11.7 Å². The van der Waals surface area contributed by atoms with Crippen LogP contribution in [-0.2, 0) is 32.2 Å². The Kier molecular flexibility index (Phi) is 12.2.